The molecule has 34 heavy (non-hydrogen) atoms. The number of nitrogens with zero attached hydrogens (tertiary/aromatic N) is 2. The third kappa shape index (κ3) is 3.47. The van der Waals surface area contributed by atoms with E-state index in [1.165, 1.54) is 23.5 Å². The quantitative estimate of drug-likeness (QED) is 0.272. The second-order valence-corrected chi connectivity index (χ2v) is 10.2. The van der Waals surface area contributed by atoms with Crippen molar-refractivity contribution in [2.24, 2.45) is 0 Å². The van der Waals surface area contributed by atoms with E-state index < -0.39 is 10.0 Å². The van der Waals surface area contributed by atoms with E-state index in [0.717, 1.165) is 32.4 Å². The Labute approximate surface area is 197 Å². The molecule has 11 heteroatoms. The highest BCUT2D eigenvalue weighted by Crippen LogP contribution is 2.39. The number of nitrogens with one attached hydrogen (secondary N) is 4. The summed E-state index contributed by atoms with van der Waals surface area (Å²) in [6, 6.07) is 15.2. The molecule has 0 saturated carbocycles. The minimum atomic E-state index is -3.78. The number of rotatable bonds is 5. The van der Waals surface area contributed by atoms with Crippen LogP contribution in [0.1, 0.15) is 5.56 Å². The van der Waals surface area contributed by atoms with Gasteiger partial charge in [-0.3, -0.25) is 14.6 Å². The number of fused-ring (bicyclic) bond motifs is 4. The normalized spacial score (nSPS) is 14.5. The summed E-state index contributed by atoms with van der Waals surface area (Å²) in [5, 5.41) is 13.6. The predicted molar refractivity (Wildman–Crippen MR) is 133 cm³/mol. The van der Waals surface area contributed by atoms with Crippen molar-refractivity contribution in [2.75, 3.05) is 15.4 Å². The Morgan fingerprint density at radius 2 is 1.82 bits per heavy atom. The summed E-state index contributed by atoms with van der Waals surface area (Å²) >= 11 is 1.48. The van der Waals surface area contributed by atoms with Crippen molar-refractivity contribution in [1.82, 2.24) is 15.2 Å². The topological polar surface area (TPSA) is 129 Å². The monoisotopic (exact) mass is 488 g/mol. The number of amides is 1. The molecule has 3 aromatic carbocycles. The highest BCUT2D eigenvalue weighted by molar-refractivity contribution is 7.92. The number of H-pyrrole nitrogens is 1. The van der Waals surface area contributed by atoms with Crippen molar-refractivity contribution >= 4 is 71.0 Å². The summed E-state index contributed by atoms with van der Waals surface area (Å²) in [5.41, 5.74) is 6.45. The molecule has 3 heterocycles. The van der Waals surface area contributed by atoms with E-state index in [4.69, 9.17) is 0 Å². The molecular formula is C23H16N6O3S2. The minimum absolute atomic E-state index is 0.116. The van der Waals surface area contributed by atoms with Crippen LogP contribution in [-0.2, 0) is 14.8 Å². The Morgan fingerprint density at radius 3 is 2.68 bits per heavy atom. The standard InChI is InChI=1S/C23H16N6O3S2/c30-23-17(21-18(27-23)7-8-19-22(21)33-12-25-19)11-24-14-3-5-16(6-4-14)34(31,32)29-15-2-1-13-10-26-28-20(13)9-15/h1-12,24,29H,(H,26,28)(H,27,30)/b17-11-. The first-order valence-electron chi connectivity index (χ1n) is 10.2. The zero-order chi connectivity index (χ0) is 23.3. The maximum atomic E-state index is 12.8. The highest BCUT2D eigenvalue weighted by Gasteiger charge is 2.27. The summed E-state index contributed by atoms with van der Waals surface area (Å²) in [6.45, 7) is 0. The van der Waals surface area contributed by atoms with Crippen molar-refractivity contribution in [2.45, 2.75) is 4.90 Å². The molecule has 6 rings (SSSR count). The van der Waals surface area contributed by atoms with Gasteiger partial charge in [0.2, 0.25) is 0 Å². The third-order valence-electron chi connectivity index (χ3n) is 5.50. The molecule has 0 radical (unpaired) electrons. The van der Waals surface area contributed by atoms with Crippen LogP contribution in [0.15, 0.2) is 77.4 Å². The summed E-state index contributed by atoms with van der Waals surface area (Å²) in [5.74, 6) is -0.207. The predicted octanol–water partition coefficient (Wildman–Crippen LogP) is 4.38. The summed E-state index contributed by atoms with van der Waals surface area (Å²) in [6.07, 6.45) is 3.30. The number of sulfonamides is 1. The van der Waals surface area contributed by atoms with Crippen molar-refractivity contribution < 1.29 is 13.2 Å². The van der Waals surface area contributed by atoms with E-state index in [0.29, 0.717) is 16.9 Å². The first kappa shape index (κ1) is 20.4. The molecule has 9 nitrogen and oxygen atoms in total. The lowest BCUT2D eigenvalue weighted by atomic mass is 10.1. The molecule has 1 amide bonds. The first-order chi connectivity index (χ1) is 16.5. The van der Waals surface area contributed by atoms with E-state index in [1.807, 2.05) is 12.1 Å². The van der Waals surface area contributed by atoms with Crippen LogP contribution < -0.4 is 15.4 Å². The van der Waals surface area contributed by atoms with Gasteiger partial charge < -0.3 is 10.6 Å². The van der Waals surface area contributed by atoms with Crippen LogP contribution in [0.5, 0.6) is 0 Å². The van der Waals surface area contributed by atoms with Gasteiger partial charge in [-0.2, -0.15) is 5.10 Å². The summed E-state index contributed by atoms with van der Waals surface area (Å²) in [4.78, 5) is 16.9. The number of carbonyl (C=O) groups is 1. The van der Waals surface area contributed by atoms with Gasteiger partial charge >= 0.3 is 0 Å². The maximum absolute atomic E-state index is 12.8. The Morgan fingerprint density at radius 1 is 1.00 bits per heavy atom. The van der Waals surface area contributed by atoms with Gasteiger partial charge in [0.25, 0.3) is 15.9 Å². The molecule has 2 aromatic heterocycles. The Hall–Kier alpha value is -4.22. The molecular weight excluding hydrogens is 472 g/mol. The average Bonchev–Trinajstić information content (AvgIpc) is 3.55. The van der Waals surface area contributed by atoms with E-state index in [2.05, 4.69) is 30.5 Å². The van der Waals surface area contributed by atoms with Crippen LogP contribution in [0.25, 0.3) is 26.7 Å². The van der Waals surface area contributed by atoms with Gasteiger partial charge in [-0.05, 0) is 54.6 Å². The van der Waals surface area contributed by atoms with Gasteiger partial charge in [-0.25, -0.2) is 13.4 Å². The van der Waals surface area contributed by atoms with Crippen molar-refractivity contribution in [3.8, 4) is 0 Å². The van der Waals surface area contributed by atoms with Gasteiger partial charge in [-0.1, -0.05) is 0 Å². The van der Waals surface area contributed by atoms with Crippen LogP contribution in [0.3, 0.4) is 0 Å². The lowest BCUT2D eigenvalue weighted by Crippen LogP contribution is -2.12. The lowest BCUT2D eigenvalue weighted by Gasteiger charge is -2.09. The molecule has 0 spiro atoms. The number of hydrogen-bond acceptors (Lipinski definition) is 7. The van der Waals surface area contributed by atoms with Crippen LogP contribution in [0.4, 0.5) is 17.1 Å². The van der Waals surface area contributed by atoms with Crippen molar-refractivity contribution in [3.63, 3.8) is 0 Å². The second kappa shape index (κ2) is 7.68. The van der Waals surface area contributed by atoms with Crippen LogP contribution in [0.2, 0.25) is 0 Å². The molecule has 5 aromatic rings. The molecule has 0 bridgehead atoms. The van der Waals surface area contributed by atoms with Gasteiger partial charge in [0.15, 0.2) is 0 Å². The Bertz CT molecular complexity index is 1720. The Balaban J connectivity index is 1.23. The molecule has 1 aliphatic rings. The number of anilines is 3. The number of benzene rings is 3. The molecule has 0 fully saturated rings. The number of hydrogen-bond donors (Lipinski definition) is 4. The van der Waals surface area contributed by atoms with Crippen LogP contribution >= 0.6 is 11.3 Å². The molecule has 1 aliphatic heterocycles. The SMILES string of the molecule is O=C1Nc2ccc3ncsc3c2/C1=C/Nc1ccc(S(=O)(=O)Nc2ccc3cn[nH]c3c2)cc1. The zero-order valence-corrected chi connectivity index (χ0v) is 19.0. The van der Waals surface area contributed by atoms with E-state index >= 15 is 0 Å². The average molecular weight is 489 g/mol. The molecule has 0 atom stereocenters. The number of carbonyl (C=O) groups excluding carboxylic acids is 1. The minimum Gasteiger partial charge on any atom is -0.361 e. The fraction of sp³-hybridized carbons (Fsp3) is 0. The number of thiazole rings is 1. The van der Waals surface area contributed by atoms with Gasteiger partial charge in [0.05, 0.1) is 49.3 Å². The fourth-order valence-corrected chi connectivity index (χ4v) is 5.74. The highest BCUT2D eigenvalue weighted by atomic mass is 32.2. The van der Waals surface area contributed by atoms with Crippen molar-refractivity contribution in [3.05, 3.63) is 78.1 Å². The van der Waals surface area contributed by atoms with Gasteiger partial charge in [0.1, 0.15) is 0 Å². The van der Waals surface area contributed by atoms with Crippen LogP contribution in [0, 0.1) is 0 Å². The van der Waals surface area contributed by atoms with Crippen molar-refractivity contribution in [1.29, 1.82) is 0 Å². The smallest absolute Gasteiger partial charge is 0.261 e. The van der Waals surface area contributed by atoms with E-state index in [9.17, 15) is 13.2 Å². The fourth-order valence-electron chi connectivity index (χ4n) is 3.84. The summed E-state index contributed by atoms with van der Waals surface area (Å²) in [7, 11) is -3.78. The van der Waals surface area contributed by atoms with Gasteiger partial charge in [-0.15, -0.1) is 11.3 Å². The van der Waals surface area contributed by atoms with Gasteiger partial charge in [0, 0.05) is 22.8 Å². The largest absolute Gasteiger partial charge is 0.361 e. The number of aromatic amines is 1. The van der Waals surface area contributed by atoms with E-state index in [-0.39, 0.29) is 10.8 Å². The second-order valence-electron chi connectivity index (χ2n) is 7.65. The first-order valence-corrected chi connectivity index (χ1v) is 12.5. The zero-order valence-electron chi connectivity index (χ0n) is 17.4. The third-order valence-corrected chi connectivity index (χ3v) is 7.76. The molecule has 0 aliphatic carbocycles. The molecule has 168 valence electrons. The number of aromatic nitrogens is 3. The molecule has 0 unspecified atom stereocenters. The summed E-state index contributed by atoms with van der Waals surface area (Å²) < 4.78 is 29.1. The van der Waals surface area contributed by atoms with E-state index in [1.54, 1.807) is 48.2 Å². The molecule has 0 saturated heterocycles. The Kier molecular flexibility index (Phi) is 4.61. The van der Waals surface area contributed by atoms with Crippen LogP contribution in [-0.4, -0.2) is 29.5 Å². The molecule has 4 N–H and O–H groups in total. The lowest BCUT2D eigenvalue weighted by molar-refractivity contribution is -0.110. The maximum Gasteiger partial charge on any atom is 0.261 e.